The van der Waals surface area contributed by atoms with Gasteiger partial charge in [-0.3, -0.25) is 15.0 Å². The maximum absolute atomic E-state index is 11.0. The van der Waals surface area contributed by atoms with Gasteiger partial charge in [-0.25, -0.2) is 0 Å². The second-order valence-corrected chi connectivity index (χ2v) is 4.81. The molecular formula is C13H19N3O3. The molecule has 1 atom stereocenters. The van der Waals surface area contributed by atoms with Crippen LogP contribution in [0.1, 0.15) is 18.4 Å². The van der Waals surface area contributed by atoms with Crippen LogP contribution in [-0.4, -0.2) is 41.2 Å². The van der Waals surface area contributed by atoms with E-state index in [1.54, 1.807) is 19.2 Å². The second kappa shape index (κ2) is 5.99. The van der Waals surface area contributed by atoms with E-state index in [2.05, 4.69) is 10.2 Å². The first kappa shape index (κ1) is 13.8. The van der Waals surface area contributed by atoms with Gasteiger partial charge in [-0.15, -0.1) is 0 Å². The van der Waals surface area contributed by atoms with Crippen molar-refractivity contribution in [3.63, 3.8) is 0 Å². The Morgan fingerprint density at radius 3 is 3.00 bits per heavy atom. The third kappa shape index (κ3) is 3.02. The summed E-state index contributed by atoms with van der Waals surface area (Å²) in [4.78, 5) is 12.8. The zero-order valence-electron chi connectivity index (χ0n) is 11.0. The highest BCUT2D eigenvalue weighted by atomic mass is 16.6. The number of hydrogen-bond donors (Lipinski definition) is 2. The Hall–Kier alpha value is -1.66. The number of hydrogen-bond acceptors (Lipinski definition) is 5. The van der Waals surface area contributed by atoms with Crippen molar-refractivity contribution in [2.75, 3.05) is 25.5 Å². The Labute approximate surface area is 112 Å². The number of nitro benzene ring substituents is 1. The van der Waals surface area contributed by atoms with Crippen molar-refractivity contribution < 1.29 is 10.0 Å². The number of aliphatic hydroxyl groups is 1. The largest absolute Gasteiger partial charge is 0.395 e. The molecule has 1 heterocycles. The molecule has 19 heavy (non-hydrogen) atoms. The Morgan fingerprint density at radius 1 is 1.58 bits per heavy atom. The van der Waals surface area contributed by atoms with E-state index in [1.165, 1.54) is 0 Å². The van der Waals surface area contributed by atoms with Crippen LogP contribution in [0.15, 0.2) is 18.2 Å². The van der Waals surface area contributed by atoms with Crippen molar-refractivity contribution in [3.8, 4) is 0 Å². The number of anilines is 1. The van der Waals surface area contributed by atoms with Gasteiger partial charge in [-0.05, 0) is 31.0 Å². The van der Waals surface area contributed by atoms with E-state index >= 15 is 0 Å². The maximum Gasteiger partial charge on any atom is 0.292 e. The van der Waals surface area contributed by atoms with Crippen molar-refractivity contribution in [1.82, 2.24) is 4.90 Å². The summed E-state index contributed by atoms with van der Waals surface area (Å²) in [6, 6.07) is 5.42. The molecule has 0 amide bonds. The lowest BCUT2D eigenvalue weighted by Gasteiger charge is -2.22. The van der Waals surface area contributed by atoms with Crippen molar-refractivity contribution in [2.24, 2.45) is 0 Å². The second-order valence-electron chi connectivity index (χ2n) is 4.81. The molecule has 0 saturated carbocycles. The minimum atomic E-state index is -0.372. The summed E-state index contributed by atoms with van der Waals surface area (Å²) in [5.41, 5.74) is 1.53. The topological polar surface area (TPSA) is 78.6 Å². The van der Waals surface area contributed by atoms with Crippen LogP contribution in [0.4, 0.5) is 11.4 Å². The molecule has 2 rings (SSSR count). The molecule has 6 nitrogen and oxygen atoms in total. The Morgan fingerprint density at radius 2 is 2.37 bits per heavy atom. The molecular weight excluding hydrogens is 246 g/mol. The fraction of sp³-hybridized carbons (Fsp3) is 0.538. The van der Waals surface area contributed by atoms with Crippen LogP contribution in [0.5, 0.6) is 0 Å². The summed E-state index contributed by atoms with van der Waals surface area (Å²) in [6.07, 6.45) is 2.06. The highest BCUT2D eigenvalue weighted by molar-refractivity contribution is 5.62. The molecule has 1 aromatic rings. The first-order chi connectivity index (χ1) is 9.15. The zero-order chi connectivity index (χ0) is 13.8. The van der Waals surface area contributed by atoms with Gasteiger partial charge in [0, 0.05) is 25.7 Å². The van der Waals surface area contributed by atoms with Crippen LogP contribution in [0.25, 0.3) is 0 Å². The van der Waals surface area contributed by atoms with Crippen molar-refractivity contribution in [2.45, 2.75) is 25.4 Å². The van der Waals surface area contributed by atoms with E-state index in [1.807, 2.05) is 6.07 Å². The average Bonchev–Trinajstić information content (AvgIpc) is 2.85. The maximum atomic E-state index is 11.0. The molecule has 0 bridgehead atoms. The number of benzene rings is 1. The predicted octanol–water partition coefficient (Wildman–Crippen LogP) is 1.59. The molecule has 0 spiro atoms. The molecule has 2 N–H and O–H groups in total. The molecule has 1 aromatic carbocycles. The van der Waals surface area contributed by atoms with Crippen molar-refractivity contribution >= 4 is 11.4 Å². The third-order valence-electron chi connectivity index (χ3n) is 3.62. The normalized spacial score (nSPS) is 19.6. The lowest BCUT2D eigenvalue weighted by Crippen LogP contribution is -2.31. The highest BCUT2D eigenvalue weighted by Crippen LogP contribution is 2.27. The van der Waals surface area contributed by atoms with Crippen LogP contribution < -0.4 is 5.32 Å². The minimum Gasteiger partial charge on any atom is -0.395 e. The Kier molecular flexibility index (Phi) is 4.34. The van der Waals surface area contributed by atoms with E-state index < -0.39 is 0 Å². The van der Waals surface area contributed by atoms with Crippen LogP contribution in [0, 0.1) is 10.1 Å². The van der Waals surface area contributed by atoms with Crippen LogP contribution in [0.3, 0.4) is 0 Å². The fourth-order valence-corrected chi connectivity index (χ4v) is 2.58. The molecule has 1 saturated heterocycles. The quantitative estimate of drug-likeness (QED) is 0.624. The fourth-order valence-electron chi connectivity index (χ4n) is 2.58. The standard InChI is InChI=1S/C13H19N3O3/c1-14-12-5-4-10(7-13(12)16(18)19)8-15-6-2-3-11(15)9-17/h4-5,7,11,14,17H,2-3,6,8-9H2,1H3/t11-/m0/s1. The first-order valence-electron chi connectivity index (χ1n) is 6.45. The predicted molar refractivity (Wildman–Crippen MR) is 73.2 cm³/mol. The van der Waals surface area contributed by atoms with Gasteiger partial charge in [-0.1, -0.05) is 6.07 Å². The number of rotatable bonds is 5. The van der Waals surface area contributed by atoms with Crippen LogP contribution in [0.2, 0.25) is 0 Å². The molecule has 0 aromatic heterocycles. The van der Waals surface area contributed by atoms with Gasteiger partial charge in [0.15, 0.2) is 0 Å². The van der Waals surface area contributed by atoms with E-state index in [0.29, 0.717) is 12.2 Å². The number of likely N-dealkylation sites (tertiary alicyclic amines) is 1. The molecule has 0 unspecified atom stereocenters. The van der Waals surface area contributed by atoms with Gasteiger partial charge in [0.1, 0.15) is 5.69 Å². The molecule has 104 valence electrons. The summed E-state index contributed by atoms with van der Waals surface area (Å²) in [5.74, 6) is 0. The smallest absolute Gasteiger partial charge is 0.292 e. The van der Waals surface area contributed by atoms with Crippen molar-refractivity contribution in [3.05, 3.63) is 33.9 Å². The average molecular weight is 265 g/mol. The van der Waals surface area contributed by atoms with Gasteiger partial charge in [0.2, 0.25) is 0 Å². The molecule has 1 aliphatic heterocycles. The van der Waals surface area contributed by atoms with Gasteiger partial charge in [-0.2, -0.15) is 0 Å². The van der Waals surface area contributed by atoms with Crippen molar-refractivity contribution in [1.29, 1.82) is 0 Å². The first-order valence-corrected chi connectivity index (χ1v) is 6.45. The van der Waals surface area contributed by atoms with E-state index in [9.17, 15) is 15.2 Å². The lowest BCUT2D eigenvalue weighted by molar-refractivity contribution is -0.384. The number of nitrogens with zero attached hydrogens (tertiary/aromatic N) is 2. The van der Waals surface area contributed by atoms with Crippen LogP contribution in [-0.2, 0) is 6.54 Å². The molecule has 1 aliphatic rings. The molecule has 0 aliphatic carbocycles. The minimum absolute atomic E-state index is 0.0970. The zero-order valence-corrected chi connectivity index (χ0v) is 11.0. The van der Waals surface area contributed by atoms with Gasteiger partial charge in [0.05, 0.1) is 11.5 Å². The third-order valence-corrected chi connectivity index (χ3v) is 3.62. The van der Waals surface area contributed by atoms with Crippen LogP contribution >= 0.6 is 0 Å². The highest BCUT2D eigenvalue weighted by Gasteiger charge is 2.24. The summed E-state index contributed by atoms with van der Waals surface area (Å²) < 4.78 is 0. The number of nitro groups is 1. The van der Waals surface area contributed by atoms with E-state index in [0.717, 1.165) is 24.9 Å². The Balaban J connectivity index is 2.17. The van der Waals surface area contributed by atoms with Gasteiger partial charge in [0.25, 0.3) is 5.69 Å². The SMILES string of the molecule is CNc1ccc(CN2CCC[C@H]2CO)cc1[N+](=O)[O-]. The summed E-state index contributed by atoms with van der Waals surface area (Å²) >= 11 is 0. The molecule has 0 radical (unpaired) electrons. The summed E-state index contributed by atoms with van der Waals surface area (Å²) in [6.45, 7) is 1.74. The molecule has 1 fully saturated rings. The number of nitrogens with one attached hydrogen (secondary N) is 1. The number of aliphatic hydroxyl groups excluding tert-OH is 1. The molecule has 6 heteroatoms. The van der Waals surface area contributed by atoms with E-state index in [-0.39, 0.29) is 23.3 Å². The monoisotopic (exact) mass is 265 g/mol. The summed E-state index contributed by atoms with van der Waals surface area (Å²) in [7, 11) is 1.67. The van der Waals surface area contributed by atoms with Gasteiger partial charge < -0.3 is 10.4 Å². The lowest BCUT2D eigenvalue weighted by atomic mass is 10.1. The van der Waals surface area contributed by atoms with E-state index in [4.69, 9.17) is 0 Å². The van der Waals surface area contributed by atoms with Gasteiger partial charge >= 0.3 is 0 Å². The summed E-state index contributed by atoms with van der Waals surface area (Å²) in [5, 5.41) is 23.1. The Bertz CT molecular complexity index is 464.